The van der Waals surface area contributed by atoms with E-state index in [-0.39, 0.29) is 0 Å². The highest BCUT2D eigenvalue weighted by Gasteiger charge is 2.21. The number of rotatable bonds is 1. The summed E-state index contributed by atoms with van der Waals surface area (Å²) in [6, 6.07) is 6.83. The van der Waals surface area contributed by atoms with Gasteiger partial charge in [-0.05, 0) is 24.6 Å². The van der Waals surface area contributed by atoms with E-state index in [9.17, 15) is 0 Å². The van der Waals surface area contributed by atoms with Crippen molar-refractivity contribution < 1.29 is 4.74 Å². The van der Waals surface area contributed by atoms with Crippen LogP contribution in [0.1, 0.15) is 11.6 Å². The quantitative estimate of drug-likeness (QED) is 0.683. The number of aryl methyl sites for hydroxylation is 1. The molecule has 0 bridgehead atoms. The maximum absolute atomic E-state index is 5.19. The molecular weight excluding hydrogens is 176 g/mol. The second-order valence-electron chi connectivity index (χ2n) is 3.84. The van der Waals surface area contributed by atoms with Crippen LogP contribution in [0, 0.1) is 6.92 Å². The third-order valence-electron chi connectivity index (χ3n) is 2.74. The van der Waals surface area contributed by atoms with Crippen molar-refractivity contribution in [3.63, 3.8) is 0 Å². The van der Waals surface area contributed by atoms with Crippen molar-refractivity contribution in [1.82, 2.24) is 9.55 Å². The lowest BCUT2D eigenvalue weighted by atomic mass is 10.2. The fourth-order valence-corrected chi connectivity index (χ4v) is 1.81. The molecule has 3 nitrogen and oxygen atoms in total. The first-order chi connectivity index (χ1) is 6.84. The van der Waals surface area contributed by atoms with Crippen LogP contribution in [0.2, 0.25) is 0 Å². The van der Waals surface area contributed by atoms with E-state index in [2.05, 4.69) is 34.7 Å². The number of benzene rings is 1. The Hall–Kier alpha value is -1.35. The molecule has 0 unspecified atom stereocenters. The zero-order valence-corrected chi connectivity index (χ0v) is 8.10. The summed E-state index contributed by atoms with van der Waals surface area (Å²) in [6.45, 7) is 3.74. The van der Waals surface area contributed by atoms with Crippen molar-refractivity contribution in [3.05, 3.63) is 30.1 Å². The maximum atomic E-state index is 5.19. The Morgan fingerprint density at radius 1 is 1.43 bits per heavy atom. The summed E-state index contributed by atoms with van der Waals surface area (Å²) in [5, 5.41) is 0. The lowest BCUT2D eigenvalue weighted by Crippen LogP contribution is -2.30. The predicted molar refractivity (Wildman–Crippen MR) is 54.3 cm³/mol. The van der Waals surface area contributed by atoms with Gasteiger partial charge in [0.1, 0.15) is 0 Å². The normalized spacial score (nSPS) is 17.2. The van der Waals surface area contributed by atoms with Gasteiger partial charge in [-0.25, -0.2) is 4.98 Å². The molecule has 0 aliphatic carbocycles. The highest BCUT2D eigenvalue weighted by atomic mass is 16.5. The van der Waals surface area contributed by atoms with E-state index < -0.39 is 0 Å². The first-order valence-corrected chi connectivity index (χ1v) is 4.85. The zero-order valence-electron chi connectivity index (χ0n) is 8.10. The van der Waals surface area contributed by atoms with Crippen LogP contribution in [0.3, 0.4) is 0 Å². The van der Waals surface area contributed by atoms with Gasteiger partial charge in [0, 0.05) is 0 Å². The third kappa shape index (κ3) is 1.06. The van der Waals surface area contributed by atoms with Gasteiger partial charge in [0.05, 0.1) is 36.6 Å². The molecule has 0 spiro atoms. The first kappa shape index (κ1) is 8.00. The Morgan fingerprint density at radius 2 is 2.29 bits per heavy atom. The lowest BCUT2D eigenvalue weighted by Gasteiger charge is -2.27. The van der Waals surface area contributed by atoms with Crippen molar-refractivity contribution >= 4 is 11.0 Å². The first-order valence-electron chi connectivity index (χ1n) is 4.85. The van der Waals surface area contributed by atoms with Crippen LogP contribution >= 0.6 is 0 Å². The molecule has 3 heteroatoms. The Kier molecular flexibility index (Phi) is 1.61. The molecule has 72 valence electrons. The van der Waals surface area contributed by atoms with Gasteiger partial charge in [0.15, 0.2) is 0 Å². The molecule has 1 aromatic heterocycles. The number of aromatic nitrogens is 2. The molecule has 0 atom stereocenters. The molecule has 1 aliphatic rings. The van der Waals surface area contributed by atoms with E-state index in [0.29, 0.717) is 6.04 Å². The van der Waals surface area contributed by atoms with Gasteiger partial charge in [-0.1, -0.05) is 6.07 Å². The minimum Gasteiger partial charge on any atom is -0.377 e. The van der Waals surface area contributed by atoms with Crippen LogP contribution in [0.4, 0.5) is 0 Å². The molecule has 2 heterocycles. The summed E-state index contributed by atoms with van der Waals surface area (Å²) in [4.78, 5) is 4.37. The minimum atomic E-state index is 0.488. The lowest BCUT2D eigenvalue weighted by molar-refractivity contribution is -0.0216. The third-order valence-corrected chi connectivity index (χ3v) is 2.74. The highest BCUT2D eigenvalue weighted by Crippen LogP contribution is 2.23. The molecule has 1 aromatic carbocycles. The maximum Gasteiger partial charge on any atom is 0.0962 e. The summed E-state index contributed by atoms with van der Waals surface area (Å²) < 4.78 is 7.40. The molecule has 1 saturated heterocycles. The minimum absolute atomic E-state index is 0.488. The second kappa shape index (κ2) is 2.82. The average molecular weight is 188 g/mol. The van der Waals surface area contributed by atoms with Gasteiger partial charge < -0.3 is 9.30 Å². The number of nitrogens with zero attached hydrogens (tertiary/aromatic N) is 2. The van der Waals surface area contributed by atoms with Crippen molar-refractivity contribution in [2.45, 2.75) is 13.0 Å². The summed E-state index contributed by atoms with van der Waals surface area (Å²) in [5.41, 5.74) is 3.57. The van der Waals surface area contributed by atoms with Crippen molar-refractivity contribution in [1.29, 1.82) is 0 Å². The van der Waals surface area contributed by atoms with Gasteiger partial charge in [-0.15, -0.1) is 0 Å². The molecule has 0 saturated carbocycles. The van der Waals surface area contributed by atoms with E-state index in [1.807, 2.05) is 6.33 Å². The van der Waals surface area contributed by atoms with Crippen molar-refractivity contribution in [3.8, 4) is 0 Å². The molecule has 1 fully saturated rings. The average Bonchev–Trinajstić information content (AvgIpc) is 2.46. The topological polar surface area (TPSA) is 27.1 Å². The fraction of sp³-hybridized carbons (Fsp3) is 0.364. The summed E-state index contributed by atoms with van der Waals surface area (Å²) >= 11 is 0. The zero-order chi connectivity index (χ0) is 9.54. The Balaban J connectivity index is 2.18. The van der Waals surface area contributed by atoms with Crippen LogP contribution in [0.15, 0.2) is 24.5 Å². The van der Waals surface area contributed by atoms with Gasteiger partial charge in [-0.2, -0.15) is 0 Å². The molecule has 0 radical (unpaired) electrons. The number of hydrogen-bond acceptors (Lipinski definition) is 2. The molecule has 2 aromatic rings. The number of fused-ring (bicyclic) bond motifs is 1. The summed E-state index contributed by atoms with van der Waals surface area (Å²) in [7, 11) is 0. The van der Waals surface area contributed by atoms with E-state index in [4.69, 9.17) is 4.74 Å². The smallest absolute Gasteiger partial charge is 0.0962 e. The van der Waals surface area contributed by atoms with Gasteiger partial charge in [-0.3, -0.25) is 0 Å². The SMILES string of the molecule is Cc1ccc2ncn(C3COC3)c2c1. The fourth-order valence-electron chi connectivity index (χ4n) is 1.81. The standard InChI is InChI=1S/C11H12N2O/c1-8-2-3-10-11(4-8)13(7-12-10)9-5-14-6-9/h2-4,7,9H,5-6H2,1H3. The van der Waals surface area contributed by atoms with Crippen molar-refractivity contribution in [2.24, 2.45) is 0 Å². The largest absolute Gasteiger partial charge is 0.377 e. The van der Waals surface area contributed by atoms with Crippen molar-refractivity contribution in [2.75, 3.05) is 13.2 Å². The van der Waals surface area contributed by atoms with Crippen LogP contribution in [-0.4, -0.2) is 22.8 Å². The van der Waals surface area contributed by atoms with Crippen LogP contribution in [0.25, 0.3) is 11.0 Å². The molecular formula is C11H12N2O. The van der Waals surface area contributed by atoms with E-state index in [1.165, 1.54) is 11.1 Å². The summed E-state index contributed by atoms with van der Waals surface area (Å²) in [6.07, 6.45) is 1.91. The summed E-state index contributed by atoms with van der Waals surface area (Å²) in [5.74, 6) is 0. The van der Waals surface area contributed by atoms with E-state index in [1.54, 1.807) is 0 Å². The predicted octanol–water partition coefficient (Wildman–Crippen LogP) is 1.92. The van der Waals surface area contributed by atoms with Crippen LogP contribution < -0.4 is 0 Å². The van der Waals surface area contributed by atoms with Gasteiger partial charge in [0.25, 0.3) is 0 Å². The van der Waals surface area contributed by atoms with Gasteiger partial charge in [0.2, 0.25) is 0 Å². The number of ether oxygens (including phenoxy) is 1. The molecule has 14 heavy (non-hydrogen) atoms. The number of imidazole rings is 1. The Labute approximate surface area is 82.3 Å². The highest BCUT2D eigenvalue weighted by molar-refractivity contribution is 5.76. The second-order valence-corrected chi connectivity index (χ2v) is 3.84. The number of hydrogen-bond donors (Lipinski definition) is 0. The molecule has 1 aliphatic heterocycles. The Morgan fingerprint density at radius 3 is 3.00 bits per heavy atom. The molecule has 0 amide bonds. The molecule has 3 rings (SSSR count). The van der Waals surface area contributed by atoms with E-state index >= 15 is 0 Å². The monoisotopic (exact) mass is 188 g/mol. The van der Waals surface area contributed by atoms with Gasteiger partial charge >= 0.3 is 0 Å². The molecule has 0 N–H and O–H groups in total. The Bertz CT molecular complexity index is 471. The van der Waals surface area contributed by atoms with Crippen LogP contribution in [-0.2, 0) is 4.74 Å². The van der Waals surface area contributed by atoms with Crippen LogP contribution in [0.5, 0.6) is 0 Å². The van der Waals surface area contributed by atoms with E-state index in [0.717, 1.165) is 18.7 Å².